The van der Waals surface area contributed by atoms with Crippen LogP contribution in [0.3, 0.4) is 0 Å². The van der Waals surface area contributed by atoms with Crippen LogP contribution < -0.4 is 11.1 Å². The quantitative estimate of drug-likeness (QED) is 0.429. The van der Waals surface area contributed by atoms with Crippen LogP contribution in [0.1, 0.15) is 38.2 Å². The van der Waals surface area contributed by atoms with Gasteiger partial charge in [0.1, 0.15) is 17.2 Å². The molecule has 0 unspecified atom stereocenters. The summed E-state index contributed by atoms with van der Waals surface area (Å²) in [7, 11) is 1.31. The monoisotopic (exact) mass is 493 g/mol. The molecule has 5 rings (SSSR count). The number of nitrogens with one attached hydrogen (secondary N) is 1. The molecule has 3 aromatic heterocycles. The number of likely N-dealkylation sites (tertiary alicyclic amines) is 1. The van der Waals surface area contributed by atoms with Crippen LogP contribution in [-0.2, 0) is 4.74 Å². The Morgan fingerprint density at radius 1 is 1.25 bits per heavy atom. The number of hydrogen-bond donors (Lipinski definition) is 2. The van der Waals surface area contributed by atoms with Gasteiger partial charge in [0.25, 0.3) is 11.8 Å². The maximum atomic E-state index is 14.8. The number of methoxy groups -OCH3 is 1. The van der Waals surface area contributed by atoms with Gasteiger partial charge >= 0.3 is 6.09 Å². The number of nitrogens with zero attached hydrogens (tertiary/aromatic N) is 5. The normalized spacial score (nSPS) is 13.5. The Bertz CT molecular complexity index is 1520. The number of halogens is 1. The summed E-state index contributed by atoms with van der Waals surface area (Å²) in [5, 5.41) is 6.64. The lowest BCUT2D eigenvalue weighted by atomic mass is 10.0. The highest BCUT2D eigenvalue weighted by Crippen LogP contribution is 2.30. The topological polar surface area (TPSA) is 158 Å². The molecule has 4 heterocycles. The number of anilines is 1. The second kappa shape index (κ2) is 8.76. The second-order valence-corrected chi connectivity index (χ2v) is 8.27. The fourth-order valence-corrected chi connectivity index (χ4v) is 3.86. The van der Waals surface area contributed by atoms with Crippen LogP contribution in [0.2, 0.25) is 0 Å². The summed E-state index contributed by atoms with van der Waals surface area (Å²) in [6.45, 7) is 2.29. The van der Waals surface area contributed by atoms with Crippen molar-refractivity contribution in [2.24, 2.45) is 5.73 Å². The Morgan fingerprint density at radius 2 is 2.03 bits per heavy atom. The van der Waals surface area contributed by atoms with Crippen molar-refractivity contribution in [2.75, 3.05) is 25.5 Å². The first kappa shape index (κ1) is 23.0. The lowest BCUT2D eigenvalue weighted by molar-refractivity contribution is 0.0857. The molecular weight excluding hydrogens is 473 g/mol. The van der Waals surface area contributed by atoms with Crippen molar-refractivity contribution in [3.63, 3.8) is 0 Å². The molecule has 1 aliphatic heterocycles. The van der Waals surface area contributed by atoms with E-state index in [1.165, 1.54) is 60.0 Å². The first-order valence-electron chi connectivity index (χ1n) is 10.8. The number of benzene rings is 1. The maximum Gasteiger partial charge on any atom is 0.409 e. The van der Waals surface area contributed by atoms with E-state index in [-0.39, 0.29) is 39.9 Å². The van der Waals surface area contributed by atoms with Crippen molar-refractivity contribution >= 4 is 29.2 Å². The molecule has 1 aliphatic rings. The molecule has 0 saturated carbocycles. The molecule has 0 radical (unpaired) electrons. The van der Waals surface area contributed by atoms with Crippen molar-refractivity contribution < 1.29 is 28.0 Å². The number of hydrogen-bond acceptors (Lipinski definition) is 8. The first-order valence-corrected chi connectivity index (χ1v) is 10.8. The summed E-state index contributed by atoms with van der Waals surface area (Å²) in [4.78, 5) is 45.9. The number of carbonyl (C=O) groups excluding carboxylic acids is 3. The number of amides is 3. The van der Waals surface area contributed by atoms with Crippen LogP contribution in [0, 0.1) is 12.7 Å². The summed E-state index contributed by atoms with van der Waals surface area (Å²) >= 11 is 0. The van der Waals surface area contributed by atoms with Gasteiger partial charge in [-0.15, -0.1) is 0 Å². The Kier molecular flexibility index (Phi) is 5.59. The lowest BCUT2D eigenvalue weighted by Crippen LogP contribution is -2.48. The van der Waals surface area contributed by atoms with E-state index in [1.54, 1.807) is 0 Å². The molecule has 1 aromatic carbocycles. The average molecular weight is 493 g/mol. The van der Waals surface area contributed by atoms with E-state index in [2.05, 4.69) is 25.2 Å². The molecule has 0 spiro atoms. The Hall–Kier alpha value is -4.81. The van der Waals surface area contributed by atoms with Crippen molar-refractivity contribution in [1.82, 2.24) is 24.4 Å². The minimum absolute atomic E-state index is 0.0738. The van der Waals surface area contributed by atoms with Crippen LogP contribution in [0.5, 0.6) is 0 Å². The van der Waals surface area contributed by atoms with Crippen LogP contribution >= 0.6 is 0 Å². The molecule has 13 heteroatoms. The molecule has 4 aromatic rings. The average Bonchev–Trinajstić information content (AvgIpc) is 3.48. The third kappa shape index (κ3) is 4.00. The standard InChI is InChI=1S/C23H20FN7O5/c1-11-15(24)5-13(22-28-20(29-36-22)14-9-30(10-14)23(34)35-2)6-16(11)27-21(33)17-8-26-18-7-12(19(25)32)3-4-31(17)18/h3-8,14H,9-10H2,1-2H3,(H2,25,32)(H,27,33). The van der Waals surface area contributed by atoms with Gasteiger partial charge in [-0.2, -0.15) is 4.98 Å². The van der Waals surface area contributed by atoms with Crippen molar-refractivity contribution in [1.29, 1.82) is 0 Å². The Balaban J connectivity index is 1.37. The van der Waals surface area contributed by atoms with E-state index in [1.807, 2.05) is 0 Å². The van der Waals surface area contributed by atoms with Gasteiger partial charge in [0.05, 0.1) is 19.2 Å². The van der Waals surface area contributed by atoms with Crippen molar-refractivity contribution in [3.8, 4) is 11.5 Å². The molecule has 12 nitrogen and oxygen atoms in total. The molecule has 184 valence electrons. The molecule has 1 saturated heterocycles. The van der Waals surface area contributed by atoms with Crippen molar-refractivity contribution in [2.45, 2.75) is 12.8 Å². The van der Waals surface area contributed by atoms with Gasteiger partial charge in [-0.05, 0) is 31.2 Å². The first-order chi connectivity index (χ1) is 17.2. The van der Waals surface area contributed by atoms with E-state index in [0.29, 0.717) is 24.6 Å². The van der Waals surface area contributed by atoms with E-state index >= 15 is 0 Å². The number of primary amides is 1. The Morgan fingerprint density at radius 3 is 2.75 bits per heavy atom. The van der Waals surface area contributed by atoms with Gasteiger partial charge in [0.2, 0.25) is 5.91 Å². The minimum Gasteiger partial charge on any atom is -0.453 e. The summed E-state index contributed by atoms with van der Waals surface area (Å²) in [6, 6.07) is 5.70. The number of imidazole rings is 1. The summed E-state index contributed by atoms with van der Waals surface area (Å²) in [5.41, 5.74) is 6.77. The fraction of sp³-hybridized carbons (Fsp3) is 0.217. The largest absolute Gasteiger partial charge is 0.453 e. The van der Waals surface area contributed by atoms with Gasteiger partial charge < -0.3 is 25.2 Å². The predicted octanol–water partition coefficient (Wildman–Crippen LogP) is 2.35. The zero-order chi connectivity index (χ0) is 25.6. The number of pyridine rings is 1. The summed E-state index contributed by atoms with van der Waals surface area (Å²) in [6.07, 6.45) is 2.41. The van der Waals surface area contributed by atoms with Crippen LogP contribution in [0.25, 0.3) is 17.1 Å². The van der Waals surface area contributed by atoms with E-state index in [4.69, 9.17) is 10.3 Å². The Labute approximate surface area is 202 Å². The van der Waals surface area contributed by atoms with E-state index in [0.717, 1.165) is 0 Å². The van der Waals surface area contributed by atoms with Crippen molar-refractivity contribution in [3.05, 3.63) is 65.1 Å². The molecular formula is C23H20FN7O5. The third-order valence-corrected chi connectivity index (χ3v) is 5.99. The van der Waals surface area contributed by atoms with Gasteiger partial charge in [0, 0.05) is 41.7 Å². The highest BCUT2D eigenvalue weighted by molar-refractivity contribution is 6.04. The number of aromatic nitrogens is 4. The van der Waals surface area contributed by atoms with E-state index in [9.17, 15) is 18.8 Å². The SMILES string of the molecule is COC(=O)N1CC(c2noc(-c3cc(F)c(C)c(NC(=O)c4cnc5cc(C(N)=O)ccn45)c3)n2)C1. The van der Waals surface area contributed by atoms with Gasteiger partial charge in [-0.1, -0.05) is 5.16 Å². The van der Waals surface area contributed by atoms with Crippen LogP contribution in [0.15, 0.2) is 41.2 Å². The molecule has 0 bridgehead atoms. The number of fused-ring (bicyclic) bond motifs is 1. The summed E-state index contributed by atoms with van der Waals surface area (Å²) in [5.74, 6) is -1.40. The van der Waals surface area contributed by atoms with Gasteiger partial charge in [-0.25, -0.2) is 14.2 Å². The smallest absolute Gasteiger partial charge is 0.409 e. The molecule has 3 N–H and O–H groups in total. The fourth-order valence-electron chi connectivity index (χ4n) is 3.86. The molecule has 0 aliphatic carbocycles. The molecule has 3 amide bonds. The maximum absolute atomic E-state index is 14.8. The highest BCUT2D eigenvalue weighted by atomic mass is 19.1. The van der Waals surface area contributed by atoms with Crippen LogP contribution in [0.4, 0.5) is 14.9 Å². The second-order valence-electron chi connectivity index (χ2n) is 8.27. The number of carbonyl (C=O) groups is 3. The van der Waals surface area contributed by atoms with Gasteiger partial charge in [0.15, 0.2) is 5.82 Å². The third-order valence-electron chi connectivity index (χ3n) is 5.99. The van der Waals surface area contributed by atoms with Crippen LogP contribution in [-0.4, -0.2) is 62.5 Å². The summed E-state index contributed by atoms with van der Waals surface area (Å²) < 4.78 is 26.2. The number of ether oxygens (including phenoxy) is 1. The van der Waals surface area contributed by atoms with E-state index < -0.39 is 23.7 Å². The molecule has 36 heavy (non-hydrogen) atoms. The molecule has 0 atom stereocenters. The minimum atomic E-state index is -0.614. The molecule has 1 fully saturated rings. The zero-order valence-corrected chi connectivity index (χ0v) is 19.2. The van der Waals surface area contributed by atoms with Gasteiger partial charge in [-0.3, -0.25) is 14.0 Å². The zero-order valence-electron chi connectivity index (χ0n) is 19.2. The predicted molar refractivity (Wildman–Crippen MR) is 123 cm³/mol. The number of rotatable bonds is 5. The highest BCUT2D eigenvalue weighted by Gasteiger charge is 2.35. The number of nitrogens with two attached hydrogens (primary N) is 1. The lowest BCUT2D eigenvalue weighted by Gasteiger charge is -2.35.